The van der Waals surface area contributed by atoms with Gasteiger partial charge in [-0.2, -0.15) is 0 Å². The second-order valence-electron chi connectivity index (χ2n) is 6.82. The third kappa shape index (κ3) is 3.65. The third-order valence-corrected chi connectivity index (χ3v) is 5.66. The fourth-order valence-corrected chi connectivity index (χ4v) is 3.73. The lowest BCUT2D eigenvalue weighted by Crippen LogP contribution is -2.47. The highest BCUT2D eigenvalue weighted by molar-refractivity contribution is 7.14. The Labute approximate surface area is 159 Å². The monoisotopic (exact) mass is 386 g/mol. The molecule has 0 bridgehead atoms. The van der Waals surface area contributed by atoms with Crippen molar-refractivity contribution < 1.29 is 9.18 Å². The standard InChI is InChI=1S/C18H19FN6OS/c1-11-23-24-15(27-11)12-3-4-13-10-20-17(21-14(13)9-12)22-16(26)18(19)5-7-25(2)8-6-18/h3-4,9-10H,5-8H2,1-2H3,(H,20,21,22,26). The van der Waals surface area contributed by atoms with Crippen molar-refractivity contribution in [3.63, 3.8) is 0 Å². The molecule has 2 aromatic heterocycles. The van der Waals surface area contributed by atoms with Gasteiger partial charge in [0.1, 0.15) is 10.0 Å². The van der Waals surface area contributed by atoms with E-state index in [1.165, 1.54) is 11.3 Å². The smallest absolute Gasteiger partial charge is 0.264 e. The van der Waals surface area contributed by atoms with Crippen LogP contribution in [0.2, 0.25) is 0 Å². The van der Waals surface area contributed by atoms with Gasteiger partial charge in [0.25, 0.3) is 5.91 Å². The van der Waals surface area contributed by atoms with Crippen LogP contribution in [0.1, 0.15) is 17.8 Å². The van der Waals surface area contributed by atoms with Crippen LogP contribution in [-0.2, 0) is 4.79 Å². The van der Waals surface area contributed by atoms with E-state index in [0.29, 0.717) is 18.6 Å². The second kappa shape index (κ2) is 6.90. The van der Waals surface area contributed by atoms with E-state index in [9.17, 15) is 9.18 Å². The average Bonchev–Trinajstić information content (AvgIpc) is 3.10. The predicted octanol–water partition coefficient (Wildman–Crippen LogP) is 2.83. The van der Waals surface area contributed by atoms with E-state index in [4.69, 9.17) is 0 Å². The number of benzene rings is 1. The molecule has 3 aromatic rings. The number of alkyl halides is 1. The number of hydrogen-bond acceptors (Lipinski definition) is 7. The fourth-order valence-electron chi connectivity index (χ4n) is 3.04. The molecule has 0 atom stereocenters. The molecule has 4 rings (SSSR count). The number of piperidine rings is 1. The van der Waals surface area contributed by atoms with Crippen molar-refractivity contribution in [3.05, 3.63) is 29.4 Å². The highest BCUT2D eigenvalue weighted by atomic mass is 32.1. The number of aryl methyl sites for hydroxylation is 1. The van der Waals surface area contributed by atoms with Gasteiger partial charge in [0, 0.05) is 43.1 Å². The molecule has 1 amide bonds. The number of anilines is 1. The Morgan fingerprint density at radius 1 is 1.30 bits per heavy atom. The van der Waals surface area contributed by atoms with Gasteiger partial charge in [-0.25, -0.2) is 14.4 Å². The number of likely N-dealkylation sites (tertiary alicyclic amines) is 1. The van der Waals surface area contributed by atoms with E-state index >= 15 is 0 Å². The van der Waals surface area contributed by atoms with Crippen LogP contribution in [-0.4, -0.2) is 56.8 Å². The molecule has 1 saturated heterocycles. The molecule has 3 heterocycles. The van der Waals surface area contributed by atoms with Crippen LogP contribution in [0.4, 0.5) is 10.3 Å². The minimum absolute atomic E-state index is 0.106. The summed E-state index contributed by atoms with van der Waals surface area (Å²) in [5, 5.41) is 13.2. The summed E-state index contributed by atoms with van der Waals surface area (Å²) in [7, 11) is 1.92. The van der Waals surface area contributed by atoms with Crippen LogP contribution in [0, 0.1) is 6.92 Å². The van der Waals surface area contributed by atoms with Gasteiger partial charge in [-0.15, -0.1) is 10.2 Å². The first kappa shape index (κ1) is 17.9. The van der Waals surface area contributed by atoms with Crippen molar-refractivity contribution >= 4 is 34.1 Å². The Hall–Kier alpha value is -2.52. The number of rotatable bonds is 3. The number of hydrogen-bond donors (Lipinski definition) is 1. The van der Waals surface area contributed by atoms with Gasteiger partial charge in [-0.3, -0.25) is 10.1 Å². The molecule has 1 fully saturated rings. The van der Waals surface area contributed by atoms with Gasteiger partial charge >= 0.3 is 0 Å². The zero-order chi connectivity index (χ0) is 19.0. The maximum atomic E-state index is 14.9. The average molecular weight is 386 g/mol. The summed E-state index contributed by atoms with van der Waals surface area (Å²) >= 11 is 1.49. The van der Waals surface area contributed by atoms with Gasteiger partial charge in [0.2, 0.25) is 5.95 Å². The number of fused-ring (bicyclic) bond motifs is 1. The van der Waals surface area contributed by atoms with Gasteiger partial charge in [-0.05, 0) is 20.0 Å². The number of carbonyl (C=O) groups is 1. The molecule has 1 aliphatic heterocycles. The molecule has 9 heteroatoms. The first-order valence-electron chi connectivity index (χ1n) is 8.69. The summed E-state index contributed by atoms with van der Waals surface area (Å²) < 4.78 is 14.9. The number of amides is 1. The molecule has 7 nitrogen and oxygen atoms in total. The first-order valence-corrected chi connectivity index (χ1v) is 9.51. The number of nitrogens with zero attached hydrogens (tertiary/aromatic N) is 5. The Kier molecular flexibility index (Phi) is 4.56. The van der Waals surface area contributed by atoms with Crippen molar-refractivity contribution in [2.45, 2.75) is 25.4 Å². The Morgan fingerprint density at radius 3 is 2.78 bits per heavy atom. The minimum Gasteiger partial charge on any atom is -0.306 e. The number of nitrogens with one attached hydrogen (secondary N) is 1. The molecule has 140 valence electrons. The quantitative estimate of drug-likeness (QED) is 0.745. The van der Waals surface area contributed by atoms with Crippen molar-refractivity contribution in [3.8, 4) is 10.6 Å². The molecular weight excluding hydrogens is 367 g/mol. The fraction of sp³-hybridized carbons (Fsp3) is 0.389. The Morgan fingerprint density at radius 2 is 2.07 bits per heavy atom. The van der Waals surface area contributed by atoms with Crippen molar-refractivity contribution in [2.75, 3.05) is 25.5 Å². The first-order chi connectivity index (χ1) is 12.9. The highest BCUT2D eigenvalue weighted by Gasteiger charge is 2.41. The molecule has 1 aromatic carbocycles. The number of aromatic nitrogens is 4. The summed E-state index contributed by atoms with van der Waals surface area (Å²) in [5.74, 6) is -0.570. The normalized spacial score (nSPS) is 17.1. The molecule has 27 heavy (non-hydrogen) atoms. The molecule has 0 unspecified atom stereocenters. The zero-order valence-electron chi connectivity index (χ0n) is 15.1. The van der Waals surface area contributed by atoms with Gasteiger partial charge in [0.05, 0.1) is 5.52 Å². The van der Waals surface area contributed by atoms with Crippen molar-refractivity contribution in [2.24, 2.45) is 0 Å². The SMILES string of the molecule is Cc1nnc(-c2ccc3cnc(NC(=O)C4(F)CCN(C)CC4)nc3c2)s1. The lowest BCUT2D eigenvalue weighted by Gasteiger charge is -2.32. The molecule has 1 N–H and O–H groups in total. The molecular formula is C18H19FN6OS. The third-order valence-electron chi connectivity index (χ3n) is 4.77. The summed E-state index contributed by atoms with van der Waals surface area (Å²) in [5.41, 5.74) is -0.333. The van der Waals surface area contributed by atoms with Crippen LogP contribution in [0.3, 0.4) is 0 Å². The van der Waals surface area contributed by atoms with Crippen LogP contribution < -0.4 is 5.32 Å². The Balaban J connectivity index is 1.58. The molecule has 0 spiro atoms. The van der Waals surface area contributed by atoms with E-state index in [1.54, 1.807) is 6.20 Å². The highest BCUT2D eigenvalue weighted by Crippen LogP contribution is 2.28. The topological polar surface area (TPSA) is 83.9 Å². The lowest BCUT2D eigenvalue weighted by molar-refractivity contribution is -0.130. The van der Waals surface area contributed by atoms with E-state index < -0.39 is 11.6 Å². The minimum atomic E-state index is -1.88. The van der Waals surface area contributed by atoms with Crippen LogP contribution in [0.15, 0.2) is 24.4 Å². The summed E-state index contributed by atoms with van der Waals surface area (Å²) in [4.78, 5) is 23.0. The van der Waals surface area contributed by atoms with Gasteiger partial charge in [0.15, 0.2) is 5.67 Å². The summed E-state index contributed by atoms with van der Waals surface area (Å²) in [6.07, 6.45) is 1.96. The van der Waals surface area contributed by atoms with Gasteiger partial charge < -0.3 is 4.90 Å². The van der Waals surface area contributed by atoms with E-state index in [1.807, 2.05) is 37.1 Å². The maximum absolute atomic E-state index is 14.9. The van der Waals surface area contributed by atoms with E-state index in [2.05, 4.69) is 25.5 Å². The van der Waals surface area contributed by atoms with E-state index in [-0.39, 0.29) is 18.8 Å². The van der Waals surface area contributed by atoms with Crippen molar-refractivity contribution in [1.82, 2.24) is 25.1 Å². The molecule has 0 radical (unpaired) electrons. The zero-order valence-corrected chi connectivity index (χ0v) is 15.9. The van der Waals surface area contributed by atoms with Crippen LogP contribution in [0.5, 0.6) is 0 Å². The van der Waals surface area contributed by atoms with Crippen molar-refractivity contribution in [1.29, 1.82) is 0 Å². The summed E-state index contributed by atoms with van der Waals surface area (Å²) in [6, 6.07) is 5.69. The lowest BCUT2D eigenvalue weighted by atomic mass is 9.93. The number of halogens is 1. The predicted molar refractivity (Wildman–Crippen MR) is 102 cm³/mol. The summed E-state index contributed by atoms with van der Waals surface area (Å²) in [6.45, 7) is 2.99. The molecule has 1 aliphatic rings. The largest absolute Gasteiger partial charge is 0.306 e. The molecule has 0 aliphatic carbocycles. The second-order valence-corrected chi connectivity index (χ2v) is 8.00. The van der Waals surface area contributed by atoms with Gasteiger partial charge in [-0.1, -0.05) is 23.5 Å². The van der Waals surface area contributed by atoms with Crippen LogP contribution in [0.25, 0.3) is 21.5 Å². The molecule has 0 saturated carbocycles. The Bertz CT molecular complexity index is 998. The van der Waals surface area contributed by atoms with Crippen LogP contribution >= 0.6 is 11.3 Å². The maximum Gasteiger partial charge on any atom is 0.264 e. The van der Waals surface area contributed by atoms with E-state index in [0.717, 1.165) is 21.0 Å². The number of carbonyl (C=O) groups excluding carboxylic acids is 1.